The van der Waals surface area contributed by atoms with Crippen LogP contribution in [-0.2, 0) is 4.84 Å². The van der Waals surface area contributed by atoms with E-state index in [0.29, 0.717) is 17.6 Å². The van der Waals surface area contributed by atoms with E-state index in [9.17, 15) is 4.79 Å². The number of hydroxylamine groups is 2. The second-order valence-corrected chi connectivity index (χ2v) is 4.92. The van der Waals surface area contributed by atoms with Crippen molar-refractivity contribution in [1.82, 2.24) is 5.06 Å². The lowest BCUT2D eigenvalue weighted by Crippen LogP contribution is -2.41. The van der Waals surface area contributed by atoms with Crippen molar-refractivity contribution in [3.8, 4) is 0 Å². The van der Waals surface area contributed by atoms with E-state index in [1.165, 1.54) is 32.1 Å². The Hall–Kier alpha value is -1.35. The van der Waals surface area contributed by atoms with E-state index in [-0.39, 0.29) is 5.97 Å². The smallest absolute Gasteiger partial charge is 0.357 e. The SMILES string of the molecule is O=C(ON1C2CCCC1CC2)c1ccccc1. The highest BCUT2D eigenvalue weighted by Gasteiger charge is 2.39. The molecule has 0 N–H and O–H groups in total. The molecule has 0 aromatic heterocycles. The molecule has 3 rings (SSSR count). The van der Waals surface area contributed by atoms with Crippen molar-refractivity contribution in [2.75, 3.05) is 0 Å². The fraction of sp³-hybridized carbons (Fsp3) is 0.500. The molecule has 0 amide bonds. The summed E-state index contributed by atoms with van der Waals surface area (Å²) in [5, 5.41) is 1.96. The Bertz CT molecular complexity index is 388. The molecule has 0 spiro atoms. The van der Waals surface area contributed by atoms with Crippen LogP contribution in [0.15, 0.2) is 30.3 Å². The summed E-state index contributed by atoms with van der Waals surface area (Å²) >= 11 is 0. The molecule has 2 fully saturated rings. The highest BCUT2D eigenvalue weighted by molar-refractivity contribution is 5.89. The van der Waals surface area contributed by atoms with Gasteiger partial charge in [0.2, 0.25) is 0 Å². The number of hydrogen-bond donors (Lipinski definition) is 0. The second kappa shape index (κ2) is 4.49. The number of hydrogen-bond acceptors (Lipinski definition) is 3. The van der Waals surface area contributed by atoms with Crippen LogP contribution in [0, 0.1) is 0 Å². The van der Waals surface area contributed by atoms with Gasteiger partial charge in [-0.3, -0.25) is 0 Å². The van der Waals surface area contributed by atoms with Crippen LogP contribution in [0.2, 0.25) is 0 Å². The van der Waals surface area contributed by atoms with Gasteiger partial charge < -0.3 is 4.84 Å². The molecule has 0 radical (unpaired) electrons. The fourth-order valence-corrected chi connectivity index (χ4v) is 2.94. The molecule has 2 unspecified atom stereocenters. The summed E-state index contributed by atoms with van der Waals surface area (Å²) in [7, 11) is 0. The molecule has 0 aliphatic carbocycles. The first-order valence-corrected chi connectivity index (χ1v) is 6.40. The molecule has 3 heteroatoms. The summed E-state index contributed by atoms with van der Waals surface area (Å²) in [5.41, 5.74) is 0.637. The average Bonchev–Trinajstić information content (AvgIpc) is 2.62. The largest absolute Gasteiger partial charge is 0.363 e. The van der Waals surface area contributed by atoms with Crippen molar-refractivity contribution < 1.29 is 9.63 Å². The average molecular weight is 231 g/mol. The molecule has 0 saturated carbocycles. The maximum absolute atomic E-state index is 12.0. The summed E-state index contributed by atoms with van der Waals surface area (Å²) in [6.45, 7) is 0. The van der Waals surface area contributed by atoms with Gasteiger partial charge in [0.25, 0.3) is 0 Å². The number of fused-ring (bicyclic) bond motifs is 2. The lowest BCUT2D eigenvalue weighted by Gasteiger charge is -2.32. The molecule has 90 valence electrons. The molecule has 1 aromatic carbocycles. The maximum atomic E-state index is 12.0. The highest BCUT2D eigenvalue weighted by Crippen LogP contribution is 2.35. The third-order valence-electron chi connectivity index (χ3n) is 3.83. The molecule has 2 aliphatic rings. The first kappa shape index (κ1) is 10.8. The third-order valence-corrected chi connectivity index (χ3v) is 3.83. The van der Waals surface area contributed by atoms with Crippen molar-refractivity contribution in [3.63, 3.8) is 0 Å². The van der Waals surface area contributed by atoms with Gasteiger partial charge in [-0.1, -0.05) is 24.6 Å². The van der Waals surface area contributed by atoms with Gasteiger partial charge in [-0.2, -0.15) is 0 Å². The molecule has 2 heterocycles. The van der Waals surface area contributed by atoms with Crippen LogP contribution in [0.5, 0.6) is 0 Å². The predicted octanol–water partition coefficient (Wildman–Crippen LogP) is 2.78. The van der Waals surface area contributed by atoms with Gasteiger partial charge in [0.1, 0.15) is 0 Å². The van der Waals surface area contributed by atoms with Crippen molar-refractivity contribution in [2.45, 2.75) is 44.2 Å². The number of nitrogens with zero attached hydrogens (tertiary/aromatic N) is 1. The summed E-state index contributed by atoms with van der Waals surface area (Å²) < 4.78 is 0. The third kappa shape index (κ3) is 2.07. The minimum Gasteiger partial charge on any atom is -0.363 e. The van der Waals surface area contributed by atoms with Gasteiger partial charge >= 0.3 is 5.97 Å². The number of rotatable bonds is 2. The summed E-state index contributed by atoms with van der Waals surface area (Å²) in [5.74, 6) is -0.218. The van der Waals surface area contributed by atoms with E-state index < -0.39 is 0 Å². The number of piperidine rings is 1. The molecule has 2 atom stereocenters. The Balaban J connectivity index is 1.69. The van der Waals surface area contributed by atoms with E-state index in [1.54, 1.807) is 12.1 Å². The molecular formula is C14H17NO2. The van der Waals surface area contributed by atoms with Gasteiger partial charge in [-0.05, 0) is 37.8 Å². The molecule has 2 bridgehead atoms. The van der Waals surface area contributed by atoms with E-state index in [2.05, 4.69) is 0 Å². The minimum absolute atomic E-state index is 0.218. The van der Waals surface area contributed by atoms with E-state index in [0.717, 1.165) is 0 Å². The van der Waals surface area contributed by atoms with Gasteiger partial charge in [-0.25, -0.2) is 4.79 Å². The van der Waals surface area contributed by atoms with Gasteiger partial charge in [0.05, 0.1) is 5.56 Å². The quantitative estimate of drug-likeness (QED) is 0.783. The topological polar surface area (TPSA) is 29.5 Å². The second-order valence-electron chi connectivity index (χ2n) is 4.92. The van der Waals surface area contributed by atoms with Crippen molar-refractivity contribution in [2.24, 2.45) is 0 Å². The van der Waals surface area contributed by atoms with Crippen molar-refractivity contribution >= 4 is 5.97 Å². The van der Waals surface area contributed by atoms with Crippen LogP contribution in [0.1, 0.15) is 42.5 Å². The standard InChI is InChI=1S/C14H17NO2/c16-14(11-5-2-1-3-6-11)17-15-12-7-4-8-13(15)10-9-12/h1-3,5-6,12-13H,4,7-10H2. The normalized spacial score (nSPS) is 28.0. The van der Waals surface area contributed by atoms with E-state index in [4.69, 9.17) is 4.84 Å². The molecule has 2 saturated heterocycles. The minimum atomic E-state index is -0.218. The summed E-state index contributed by atoms with van der Waals surface area (Å²) in [6.07, 6.45) is 5.95. The molecule has 2 aliphatic heterocycles. The molecule has 3 nitrogen and oxygen atoms in total. The number of benzene rings is 1. The monoisotopic (exact) mass is 231 g/mol. The Labute approximate surface area is 101 Å². The Morgan fingerprint density at radius 2 is 1.71 bits per heavy atom. The first-order valence-electron chi connectivity index (χ1n) is 6.40. The maximum Gasteiger partial charge on any atom is 0.357 e. The zero-order valence-corrected chi connectivity index (χ0v) is 9.84. The zero-order chi connectivity index (χ0) is 11.7. The van der Waals surface area contributed by atoms with Crippen LogP contribution in [0.25, 0.3) is 0 Å². The van der Waals surface area contributed by atoms with Crippen LogP contribution >= 0.6 is 0 Å². The Morgan fingerprint density at radius 3 is 2.35 bits per heavy atom. The number of carbonyl (C=O) groups is 1. The molecular weight excluding hydrogens is 214 g/mol. The van der Waals surface area contributed by atoms with Gasteiger partial charge in [-0.15, -0.1) is 5.06 Å². The van der Waals surface area contributed by atoms with Crippen LogP contribution in [0.4, 0.5) is 0 Å². The first-order chi connectivity index (χ1) is 8.34. The number of carbonyl (C=O) groups excluding carboxylic acids is 1. The van der Waals surface area contributed by atoms with E-state index >= 15 is 0 Å². The van der Waals surface area contributed by atoms with Gasteiger partial charge in [0.15, 0.2) is 0 Å². The van der Waals surface area contributed by atoms with Gasteiger partial charge in [0, 0.05) is 12.1 Å². The summed E-state index contributed by atoms with van der Waals surface area (Å²) in [6, 6.07) is 10.1. The lowest BCUT2D eigenvalue weighted by molar-refractivity contribution is -0.157. The molecule has 1 aromatic rings. The zero-order valence-electron chi connectivity index (χ0n) is 9.84. The lowest BCUT2D eigenvalue weighted by atomic mass is 10.1. The van der Waals surface area contributed by atoms with Crippen LogP contribution in [0.3, 0.4) is 0 Å². The summed E-state index contributed by atoms with van der Waals surface area (Å²) in [4.78, 5) is 17.5. The van der Waals surface area contributed by atoms with Crippen molar-refractivity contribution in [1.29, 1.82) is 0 Å². The Morgan fingerprint density at radius 1 is 1.06 bits per heavy atom. The molecule has 17 heavy (non-hydrogen) atoms. The fourth-order valence-electron chi connectivity index (χ4n) is 2.94. The highest BCUT2D eigenvalue weighted by atomic mass is 16.7. The Kier molecular flexibility index (Phi) is 2.85. The van der Waals surface area contributed by atoms with E-state index in [1.807, 2.05) is 23.3 Å². The predicted molar refractivity (Wildman–Crippen MR) is 64.4 cm³/mol. The van der Waals surface area contributed by atoms with Crippen LogP contribution < -0.4 is 0 Å². The van der Waals surface area contributed by atoms with Crippen molar-refractivity contribution in [3.05, 3.63) is 35.9 Å². The van der Waals surface area contributed by atoms with Crippen LogP contribution in [-0.4, -0.2) is 23.1 Å².